The number of aromatic amines is 1. The Balaban J connectivity index is 2.98. The third-order valence-corrected chi connectivity index (χ3v) is 0.838. The smallest absolute Gasteiger partial charge is 0.215 e. The third kappa shape index (κ3) is 1.04. The molecular weight excluding hydrogens is 118 g/mol. The average molecular weight is 125 g/mol. The largest absolute Gasteiger partial charge is 0.381 e. The molecule has 5 heteroatoms. The van der Waals surface area contributed by atoms with E-state index in [1.54, 1.807) is 6.92 Å². The molecule has 1 aromatic heterocycles. The second kappa shape index (κ2) is 1.85. The number of hydrogen-bond donors (Lipinski definition) is 3. The van der Waals surface area contributed by atoms with Crippen molar-refractivity contribution in [2.24, 2.45) is 5.73 Å². The fourth-order valence-electron chi connectivity index (χ4n) is 0.463. The summed E-state index contributed by atoms with van der Waals surface area (Å²) >= 11 is 0. The lowest BCUT2D eigenvalue weighted by atomic mass is 10.6. The molecule has 0 unspecified atom stereocenters. The Bertz CT molecular complexity index is 225. The first kappa shape index (κ1) is 5.74. The quantitative estimate of drug-likeness (QED) is 0.345. The molecule has 4 N–H and O–H groups in total. The fraction of sp³-hybridized carbons (Fsp3) is 0.250. The lowest BCUT2D eigenvalue weighted by molar-refractivity contribution is 1.03. The van der Waals surface area contributed by atoms with Crippen LogP contribution in [0.1, 0.15) is 11.6 Å². The molecular formula is C4H7N5. The van der Waals surface area contributed by atoms with Crippen LogP contribution in [-0.4, -0.2) is 21.0 Å². The van der Waals surface area contributed by atoms with Gasteiger partial charge in [-0.2, -0.15) is 5.10 Å². The lowest BCUT2D eigenvalue weighted by Gasteiger charge is -1.82. The molecule has 1 heterocycles. The van der Waals surface area contributed by atoms with Crippen LogP contribution in [-0.2, 0) is 0 Å². The van der Waals surface area contributed by atoms with Crippen molar-refractivity contribution in [1.82, 2.24) is 15.2 Å². The minimum absolute atomic E-state index is 0.112. The minimum Gasteiger partial charge on any atom is -0.381 e. The summed E-state index contributed by atoms with van der Waals surface area (Å²) in [6, 6.07) is 0. The molecule has 1 rings (SSSR count). The first-order valence-electron chi connectivity index (χ1n) is 2.43. The molecule has 0 aliphatic heterocycles. The fourth-order valence-corrected chi connectivity index (χ4v) is 0.463. The summed E-state index contributed by atoms with van der Waals surface area (Å²) in [4.78, 5) is 3.79. The van der Waals surface area contributed by atoms with Crippen molar-refractivity contribution in [1.29, 1.82) is 5.41 Å². The van der Waals surface area contributed by atoms with Crippen molar-refractivity contribution in [2.45, 2.75) is 6.92 Å². The van der Waals surface area contributed by atoms with Gasteiger partial charge in [0.05, 0.1) is 0 Å². The van der Waals surface area contributed by atoms with Gasteiger partial charge >= 0.3 is 0 Å². The molecule has 0 amide bonds. The molecule has 0 saturated heterocycles. The van der Waals surface area contributed by atoms with Crippen LogP contribution in [0.5, 0.6) is 0 Å². The monoisotopic (exact) mass is 125 g/mol. The van der Waals surface area contributed by atoms with E-state index >= 15 is 0 Å². The van der Waals surface area contributed by atoms with E-state index in [0.29, 0.717) is 5.82 Å². The van der Waals surface area contributed by atoms with Gasteiger partial charge in [-0.05, 0) is 6.92 Å². The number of hydrogen-bond acceptors (Lipinski definition) is 3. The van der Waals surface area contributed by atoms with Gasteiger partial charge < -0.3 is 5.73 Å². The second-order valence-corrected chi connectivity index (χ2v) is 1.66. The predicted molar refractivity (Wildman–Crippen MR) is 32.1 cm³/mol. The molecule has 0 saturated carbocycles. The number of nitrogens with one attached hydrogen (secondary N) is 2. The molecule has 0 atom stereocenters. The Morgan fingerprint density at radius 3 is 2.67 bits per heavy atom. The topological polar surface area (TPSA) is 91.4 Å². The second-order valence-electron chi connectivity index (χ2n) is 1.66. The molecule has 0 aliphatic carbocycles. The van der Waals surface area contributed by atoms with E-state index in [-0.39, 0.29) is 11.7 Å². The van der Waals surface area contributed by atoms with Gasteiger partial charge in [-0.25, -0.2) is 4.98 Å². The van der Waals surface area contributed by atoms with Gasteiger partial charge in [0.15, 0.2) is 5.84 Å². The Kier molecular flexibility index (Phi) is 1.18. The Morgan fingerprint density at radius 1 is 1.78 bits per heavy atom. The van der Waals surface area contributed by atoms with Crippen molar-refractivity contribution in [3.05, 3.63) is 11.6 Å². The SMILES string of the molecule is Cc1nc(C(=N)N)n[nH]1. The highest BCUT2D eigenvalue weighted by atomic mass is 15.2. The number of nitrogens with two attached hydrogens (primary N) is 1. The lowest BCUT2D eigenvalue weighted by Crippen LogP contribution is -2.12. The van der Waals surface area contributed by atoms with Gasteiger partial charge in [0.2, 0.25) is 5.82 Å². The highest BCUT2D eigenvalue weighted by Gasteiger charge is 1.99. The van der Waals surface area contributed by atoms with Crippen LogP contribution >= 0.6 is 0 Å². The summed E-state index contributed by atoms with van der Waals surface area (Å²) in [5.74, 6) is 0.812. The molecule has 0 bridgehead atoms. The van der Waals surface area contributed by atoms with Crippen LogP contribution in [0.25, 0.3) is 0 Å². The molecule has 0 fully saturated rings. The normalized spacial score (nSPS) is 9.44. The Hall–Kier alpha value is -1.39. The number of rotatable bonds is 1. The van der Waals surface area contributed by atoms with Gasteiger partial charge in [-0.3, -0.25) is 10.5 Å². The molecule has 9 heavy (non-hydrogen) atoms. The van der Waals surface area contributed by atoms with Crippen molar-refractivity contribution < 1.29 is 0 Å². The van der Waals surface area contributed by atoms with Gasteiger partial charge in [0, 0.05) is 0 Å². The number of nitrogens with zero attached hydrogens (tertiary/aromatic N) is 2. The number of aromatic nitrogens is 3. The molecule has 0 radical (unpaired) electrons. The van der Waals surface area contributed by atoms with Crippen LogP contribution in [0, 0.1) is 12.3 Å². The summed E-state index contributed by atoms with van der Waals surface area (Å²) in [6.07, 6.45) is 0. The zero-order valence-electron chi connectivity index (χ0n) is 4.97. The van der Waals surface area contributed by atoms with E-state index in [1.807, 2.05) is 0 Å². The summed E-state index contributed by atoms with van der Waals surface area (Å²) in [5.41, 5.74) is 5.07. The van der Waals surface area contributed by atoms with Gasteiger partial charge in [0.25, 0.3) is 0 Å². The number of amidine groups is 1. The molecule has 5 nitrogen and oxygen atoms in total. The van der Waals surface area contributed by atoms with Crippen LogP contribution in [0.4, 0.5) is 0 Å². The molecule has 0 spiro atoms. The van der Waals surface area contributed by atoms with Crippen LogP contribution < -0.4 is 5.73 Å². The highest BCUT2D eigenvalue weighted by Crippen LogP contribution is 1.86. The van der Waals surface area contributed by atoms with Crippen molar-refractivity contribution >= 4 is 5.84 Å². The molecule has 0 aliphatic rings. The van der Waals surface area contributed by atoms with E-state index in [4.69, 9.17) is 11.1 Å². The van der Waals surface area contributed by atoms with Crippen LogP contribution in [0.2, 0.25) is 0 Å². The maximum Gasteiger partial charge on any atom is 0.215 e. The number of aryl methyl sites for hydroxylation is 1. The average Bonchev–Trinajstić information content (AvgIpc) is 2.14. The first-order chi connectivity index (χ1) is 4.20. The number of nitrogen functional groups attached to an aromatic ring is 1. The van der Waals surface area contributed by atoms with E-state index in [0.717, 1.165) is 0 Å². The summed E-state index contributed by atoms with van der Waals surface area (Å²) in [5, 5.41) is 13.1. The zero-order valence-corrected chi connectivity index (χ0v) is 4.97. The van der Waals surface area contributed by atoms with E-state index in [2.05, 4.69) is 15.2 Å². The van der Waals surface area contributed by atoms with E-state index in [9.17, 15) is 0 Å². The highest BCUT2D eigenvalue weighted by molar-refractivity contribution is 5.90. The standard InChI is InChI=1S/C4H7N5/c1-2-7-4(3(5)6)9-8-2/h1H3,(H3,5,6)(H,7,8,9). The summed E-state index contributed by atoms with van der Waals surface area (Å²) < 4.78 is 0. The van der Waals surface area contributed by atoms with Gasteiger partial charge in [0.1, 0.15) is 5.82 Å². The number of H-pyrrole nitrogens is 1. The van der Waals surface area contributed by atoms with Crippen LogP contribution in [0.15, 0.2) is 0 Å². The van der Waals surface area contributed by atoms with E-state index in [1.165, 1.54) is 0 Å². The van der Waals surface area contributed by atoms with Crippen molar-refractivity contribution in [2.75, 3.05) is 0 Å². The van der Waals surface area contributed by atoms with Gasteiger partial charge in [-0.15, -0.1) is 0 Å². The maximum atomic E-state index is 6.88. The molecule has 48 valence electrons. The maximum absolute atomic E-state index is 6.88. The molecule has 0 aromatic carbocycles. The first-order valence-corrected chi connectivity index (χ1v) is 2.43. The zero-order chi connectivity index (χ0) is 6.85. The Morgan fingerprint density at radius 2 is 2.44 bits per heavy atom. The summed E-state index contributed by atoms with van der Waals surface area (Å²) in [7, 11) is 0. The Labute approximate surface area is 51.8 Å². The van der Waals surface area contributed by atoms with Crippen molar-refractivity contribution in [3.8, 4) is 0 Å². The predicted octanol–water partition coefficient (Wildman–Crippen LogP) is -0.603. The van der Waals surface area contributed by atoms with Crippen molar-refractivity contribution in [3.63, 3.8) is 0 Å². The van der Waals surface area contributed by atoms with Crippen LogP contribution in [0.3, 0.4) is 0 Å². The van der Waals surface area contributed by atoms with Gasteiger partial charge in [-0.1, -0.05) is 0 Å². The van der Waals surface area contributed by atoms with E-state index < -0.39 is 0 Å². The molecule has 1 aromatic rings. The summed E-state index contributed by atoms with van der Waals surface area (Å²) in [6.45, 7) is 1.75. The minimum atomic E-state index is -0.112. The third-order valence-electron chi connectivity index (χ3n) is 0.838.